The standard InChI is InChI=1S/C26H32OP/c1-3-4-20-26(2,27)21-22-28(23-14-8-5-9-15-23,24-16-10-6-11-17-24)25-18-12-7-13-19-25/h5-19,27H,3-4,20-22H2,1-2H3/q+1. The lowest BCUT2D eigenvalue weighted by Gasteiger charge is -2.31. The molecule has 3 rings (SSSR count). The summed E-state index contributed by atoms with van der Waals surface area (Å²) in [5.41, 5.74) is -0.625. The second kappa shape index (κ2) is 9.50. The third kappa shape index (κ3) is 4.72. The Bertz CT molecular complexity index is 731. The second-order valence-electron chi connectivity index (χ2n) is 7.89. The van der Waals surface area contributed by atoms with Crippen LogP contribution in [0, 0.1) is 0 Å². The first kappa shape index (κ1) is 20.8. The van der Waals surface area contributed by atoms with E-state index in [4.69, 9.17) is 0 Å². The molecule has 3 aromatic carbocycles. The van der Waals surface area contributed by atoms with Crippen LogP contribution < -0.4 is 15.9 Å². The summed E-state index contributed by atoms with van der Waals surface area (Å²) in [6.45, 7) is 4.20. The van der Waals surface area contributed by atoms with Crippen LogP contribution in [0.2, 0.25) is 0 Å². The summed E-state index contributed by atoms with van der Waals surface area (Å²) in [5.74, 6) is 0. The van der Waals surface area contributed by atoms with E-state index in [1.165, 1.54) is 15.9 Å². The Morgan fingerprint density at radius 3 is 1.43 bits per heavy atom. The first-order valence-corrected chi connectivity index (χ1v) is 12.3. The zero-order valence-electron chi connectivity index (χ0n) is 17.1. The average Bonchev–Trinajstić information content (AvgIpc) is 2.75. The van der Waals surface area contributed by atoms with E-state index in [-0.39, 0.29) is 0 Å². The van der Waals surface area contributed by atoms with Gasteiger partial charge in [-0.3, -0.25) is 0 Å². The summed E-state index contributed by atoms with van der Waals surface area (Å²) < 4.78 is 0. The molecule has 0 bridgehead atoms. The molecule has 0 fully saturated rings. The van der Waals surface area contributed by atoms with Gasteiger partial charge >= 0.3 is 0 Å². The molecule has 0 amide bonds. The summed E-state index contributed by atoms with van der Waals surface area (Å²) in [6.07, 6.45) is 4.83. The number of unbranched alkanes of at least 4 members (excludes halogenated alkanes) is 1. The summed E-state index contributed by atoms with van der Waals surface area (Å²) in [7, 11) is -1.84. The molecular weight excluding hydrogens is 359 g/mol. The molecule has 0 aliphatic rings. The zero-order valence-corrected chi connectivity index (χ0v) is 18.0. The molecule has 146 valence electrons. The Morgan fingerprint density at radius 1 is 0.679 bits per heavy atom. The summed E-state index contributed by atoms with van der Waals surface area (Å²) in [5, 5.41) is 15.2. The fourth-order valence-corrected chi connectivity index (χ4v) is 8.50. The molecule has 0 spiro atoms. The molecule has 0 aromatic heterocycles. The predicted octanol–water partition coefficient (Wildman–Crippen LogP) is 5.31. The highest BCUT2D eigenvalue weighted by Crippen LogP contribution is 2.56. The van der Waals surface area contributed by atoms with E-state index in [2.05, 4.69) is 97.9 Å². The Morgan fingerprint density at radius 2 is 1.07 bits per heavy atom. The van der Waals surface area contributed by atoms with Crippen molar-refractivity contribution in [1.82, 2.24) is 0 Å². The first-order chi connectivity index (χ1) is 13.6. The third-order valence-electron chi connectivity index (χ3n) is 5.65. The average molecular weight is 392 g/mol. The van der Waals surface area contributed by atoms with E-state index in [0.29, 0.717) is 0 Å². The molecule has 28 heavy (non-hydrogen) atoms. The van der Waals surface area contributed by atoms with Gasteiger partial charge in [0.25, 0.3) is 0 Å². The molecule has 1 atom stereocenters. The van der Waals surface area contributed by atoms with Crippen LogP contribution in [-0.2, 0) is 0 Å². The zero-order chi connectivity index (χ0) is 19.9. The van der Waals surface area contributed by atoms with Crippen LogP contribution in [0.3, 0.4) is 0 Å². The highest BCUT2D eigenvalue weighted by atomic mass is 31.2. The molecule has 0 saturated heterocycles. The summed E-state index contributed by atoms with van der Waals surface area (Å²) in [4.78, 5) is 0. The fourth-order valence-electron chi connectivity index (χ4n) is 3.97. The maximum atomic E-state index is 11.1. The van der Waals surface area contributed by atoms with Gasteiger partial charge in [-0.25, -0.2) is 0 Å². The van der Waals surface area contributed by atoms with E-state index in [0.717, 1.165) is 31.8 Å². The molecule has 0 aliphatic heterocycles. The van der Waals surface area contributed by atoms with Crippen LogP contribution in [-0.4, -0.2) is 16.9 Å². The lowest BCUT2D eigenvalue weighted by atomic mass is 9.96. The van der Waals surface area contributed by atoms with Crippen molar-refractivity contribution >= 4 is 23.2 Å². The molecule has 0 aliphatic carbocycles. The van der Waals surface area contributed by atoms with Crippen molar-refractivity contribution in [1.29, 1.82) is 0 Å². The van der Waals surface area contributed by atoms with Gasteiger partial charge in [-0.2, -0.15) is 0 Å². The smallest absolute Gasteiger partial charge is 0.112 e. The maximum absolute atomic E-state index is 11.1. The van der Waals surface area contributed by atoms with Crippen LogP contribution in [0.5, 0.6) is 0 Å². The molecule has 2 heteroatoms. The van der Waals surface area contributed by atoms with E-state index in [9.17, 15) is 5.11 Å². The summed E-state index contributed by atoms with van der Waals surface area (Å²) in [6, 6.07) is 32.8. The van der Waals surface area contributed by atoms with Crippen molar-refractivity contribution < 1.29 is 5.11 Å². The Kier molecular flexibility index (Phi) is 7.05. The third-order valence-corrected chi connectivity index (χ3v) is 10.1. The van der Waals surface area contributed by atoms with Gasteiger partial charge in [0.1, 0.15) is 23.2 Å². The highest BCUT2D eigenvalue weighted by Gasteiger charge is 2.46. The maximum Gasteiger partial charge on any atom is 0.112 e. The molecule has 0 heterocycles. The van der Waals surface area contributed by atoms with Crippen molar-refractivity contribution in [3.05, 3.63) is 91.0 Å². The number of benzene rings is 3. The Hall–Kier alpha value is -1.95. The van der Waals surface area contributed by atoms with Crippen LogP contribution >= 0.6 is 7.26 Å². The molecular formula is C26H32OP+. The van der Waals surface area contributed by atoms with E-state index in [1.807, 2.05) is 6.92 Å². The minimum absolute atomic E-state index is 0.625. The van der Waals surface area contributed by atoms with Gasteiger partial charge in [0.05, 0.1) is 11.8 Å². The fraction of sp³-hybridized carbons (Fsp3) is 0.308. The van der Waals surface area contributed by atoms with Crippen LogP contribution in [0.25, 0.3) is 0 Å². The van der Waals surface area contributed by atoms with E-state index < -0.39 is 12.9 Å². The number of hydrogen-bond donors (Lipinski definition) is 1. The Balaban J connectivity index is 2.11. The monoisotopic (exact) mass is 391 g/mol. The molecule has 1 unspecified atom stereocenters. The van der Waals surface area contributed by atoms with Gasteiger partial charge in [-0.1, -0.05) is 74.4 Å². The number of aliphatic hydroxyl groups is 1. The molecule has 3 aromatic rings. The van der Waals surface area contributed by atoms with Gasteiger partial charge in [0.15, 0.2) is 0 Å². The van der Waals surface area contributed by atoms with E-state index >= 15 is 0 Å². The molecule has 1 nitrogen and oxygen atoms in total. The first-order valence-electron chi connectivity index (χ1n) is 10.4. The topological polar surface area (TPSA) is 20.2 Å². The lowest BCUT2D eigenvalue weighted by Crippen LogP contribution is -2.36. The van der Waals surface area contributed by atoms with Crippen LogP contribution in [0.1, 0.15) is 39.5 Å². The predicted molar refractivity (Wildman–Crippen MR) is 125 cm³/mol. The van der Waals surface area contributed by atoms with Crippen LogP contribution in [0.15, 0.2) is 91.0 Å². The van der Waals surface area contributed by atoms with Crippen molar-refractivity contribution in [2.75, 3.05) is 6.16 Å². The van der Waals surface area contributed by atoms with Crippen molar-refractivity contribution in [3.8, 4) is 0 Å². The normalized spacial score (nSPS) is 13.8. The number of rotatable bonds is 9. The van der Waals surface area contributed by atoms with Gasteiger partial charge in [0.2, 0.25) is 0 Å². The van der Waals surface area contributed by atoms with Gasteiger partial charge < -0.3 is 5.11 Å². The van der Waals surface area contributed by atoms with Gasteiger partial charge in [0, 0.05) is 6.42 Å². The van der Waals surface area contributed by atoms with Crippen LogP contribution in [0.4, 0.5) is 0 Å². The van der Waals surface area contributed by atoms with Crippen molar-refractivity contribution in [3.63, 3.8) is 0 Å². The summed E-state index contributed by atoms with van der Waals surface area (Å²) >= 11 is 0. The highest BCUT2D eigenvalue weighted by molar-refractivity contribution is 7.95. The van der Waals surface area contributed by atoms with E-state index in [1.54, 1.807) is 0 Å². The minimum atomic E-state index is -1.84. The largest absolute Gasteiger partial charge is 0.390 e. The van der Waals surface area contributed by atoms with Gasteiger partial charge in [-0.05, 0) is 49.7 Å². The molecule has 1 N–H and O–H groups in total. The lowest BCUT2D eigenvalue weighted by molar-refractivity contribution is 0.0457. The van der Waals surface area contributed by atoms with Crippen molar-refractivity contribution in [2.24, 2.45) is 0 Å². The quantitative estimate of drug-likeness (QED) is 0.490. The second-order valence-corrected chi connectivity index (χ2v) is 11.5. The minimum Gasteiger partial charge on any atom is -0.390 e. The van der Waals surface area contributed by atoms with Crippen molar-refractivity contribution in [2.45, 2.75) is 45.1 Å². The molecule has 0 radical (unpaired) electrons. The molecule has 0 saturated carbocycles. The SMILES string of the molecule is CCCCC(C)(O)CC[P+](c1ccccc1)(c1ccccc1)c1ccccc1. The number of hydrogen-bond acceptors (Lipinski definition) is 1. The van der Waals surface area contributed by atoms with Gasteiger partial charge in [-0.15, -0.1) is 0 Å². The Labute approximate surface area is 170 Å².